The maximum Gasteiger partial charge on any atom is 0.152 e. The number of halogens is 1. The molecule has 0 N–H and O–H groups in total. The van der Waals surface area contributed by atoms with Gasteiger partial charge >= 0.3 is 0 Å². The summed E-state index contributed by atoms with van der Waals surface area (Å²) in [6, 6.07) is 5.98. The molecule has 0 aliphatic heterocycles. The van der Waals surface area contributed by atoms with Crippen molar-refractivity contribution >= 4 is 27.8 Å². The molecule has 1 rings (SSSR count). The van der Waals surface area contributed by atoms with Gasteiger partial charge in [-0.2, -0.15) is 0 Å². The second-order valence-corrected chi connectivity index (χ2v) is 3.81. The molecule has 0 spiro atoms. The normalized spacial score (nSPS) is 10.7. The van der Waals surface area contributed by atoms with Crippen LogP contribution in [-0.2, 0) is 4.79 Å². The van der Waals surface area contributed by atoms with Crippen molar-refractivity contribution < 1.29 is 4.79 Å². The minimum Gasteiger partial charge on any atom is -0.295 e. The predicted octanol–water partition coefficient (Wildman–Crippen LogP) is 3.36. The molecule has 0 bridgehead atoms. The highest BCUT2D eigenvalue weighted by Crippen LogP contribution is 2.17. The molecule has 0 aromatic heterocycles. The molecule has 1 aromatic rings. The zero-order valence-corrected chi connectivity index (χ0v) is 9.26. The van der Waals surface area contributed by atoms with E-state index in [4.69, 9.17) is 0 Å². The Kier molecular flexibility index (Phi) is 3.43. The standard InChI is InChI=1S/C11H11BrO/c1-8-7-10(4-3-9(2)13)5-6-11(8)12/h3-7H,1-2H3. The number of hydrogen-bond donors (Lipinski definition) is 0. The van der Waals surface area contributed by atoms with E-state index in [1.165, 1.54) is 5.56 Å². The minimum absolute atomic E-state index is 0.0700. The third-order valence-corrected chi connectivity index (χ3v) is 2.58. The van der Waals surface area contributed by atoms with E-state index in [0.29, 0.717) is 0 Å². The highest BCUT2D eigenvalue weighted by molar-refractivity contribution is 9.10. The molecule has 0 atom stereocenters. The number of carbonyl (C=O) groups excluding carboxylic acids is 1. The zero-order valence-electron chi connectivity index (χ0n) is 7.67. The second kappa shape index (κ2) is 4.38. The Bertz CT molecular complexity index is 353. The number of carbonyl (C=O) groups is 1. The van der Waals surface area contributed by atoms with Gasteiger partial charge in [-0.25, -0.2) is 0 Å². The first kappa shape index (κ1) is 10.2. The Balaban J connectivity index is 2.92. The molecule has 68 valence electrons. The summed E-state index contributed by atoms with van der Waals surface area (Å²) in [7, 11) is 0. The van der Waals surface area contributed by atoms with Crippen LogP contribution in [0.25, 0.3) is 6.08 Å². The van der Waals surface area contributed by atoms with Crippen molar-refractivity contribution in [3.63, 3.8) is 0 Å². The fourth-order valence-corrected chi connectivity index (χ4v) is 1.23. The SMILES string of the molecule is CC(=O)C=Cc1ccc(Br)c(C)c1. The lowest BCUT2D eigenvalue weighted by Crippen LogP contribution is -1.81. The summed E-state index contributed by atoms with van der Waals surface area (Å²) in [4.78, 5) is 10.7. The van der Waals surface area contributed by atoms with E-state index in [1.807, 2.05) is 31.2 Å². The minimum atomic E-state index is 0.0700. The number of aryl methyl sites for hydroxylation is 1. The second-order valence-electron chi connectivity index (χ2n) is 2.95. The fourth-order valence-electron chi connectivity index (χ4n) is 0.985. The summed E-state index contributed by atoms with van der Waals surface area (Å²) >= 11 is 3.42. The molecule has 0 aliphatic rings. The molecule has 0 amide bonds. The first-order chi connectivity index (χ1) is 6.09. The third-order valence-electron chi connectivity index (χ3n) is 1.69. The quantitative estimate of drug-likeness (QED) is 0.723. The van der Waals surface area contributed by atoms with E-state index < -0.39 is 0 Å². The molecule has 0 aliphatic carbocycles. The highest BCUT2D eigenvalue weighted by Gasteiger charge is 1.94. The molecule has 0 radical (unpaired) electrons. The molecule has 0 fully saturated rings. The molecule has 0 heterocycles. The summed E-state index contributed by atoms with van der Waals surface area (Å²) in [6.45, 7) is 3.57. The third kappa shape index (κ3) is 3.15. The average molecular weight is 239 g/mol. The smallest absolute Gasteiger partial charge is 0.152 e. The number of allylic oxidation sites excluding steroid dienone is 1. The van der Waals surface area contributed by atoms with Crippen molar-refractivity contribution in [2.45, 2.75) is 13.8 Å². The molecule has 0 saturated carbocycles. The van der Waals surface area contributed by atoms with Crippen LogP contribution < -0.4 is 0 Å². The molecule has 2 heteroatoms. The molecular formula is C11H11BrO. The van der Waals surface area contributed by atoms with Gasteiger partial charge in [-0.05, 0) is 37.1 Å². The van der Waals surface area contributed by atoms with Crippen LogP contribution in [-0.4, -0.2) is 5.78 Å². The van der Waals surface area contributed by atoms with Crippen molar-refractivity contribution in [3.05, 3.63) is 39.9 Å². The van der Waals surface area contributed by atoms with Gasteiger partial charge in [0.05, 0.1) is 0 Å². The average Bonchev–Trinajstić information content (AvgIpc) is 2.07. The lowest BCUT2D eigenvalue weighted by molar-refractivity contribution is -0.112. The Morgan fingerprint density at radius 2 is 2.15 bits per heavy atom. The summed E-state index contributed by atoms with van der Waals surface area (Å²) in [5.41, 5.74) is 2.22. The topological polar surface area (TPSA) is 17.1 Å². The van der Waals surface area contributed by atoms with Gasteiger partial charge in [0.1, 0.15) is 0 Å². The number of hydrogen-bond acceptors (Lipinski definition) is 1. The van der Waals surface area contributed by atoms with Gasteiger partial charge < -0.3 is 0 Å². The number of benzene rings is 1. The highest BCUT2D eigenvalue weighted by atomic mass is 79.9. The Labute approximate surface area is 86.6 Å². The van der Waals surface area contributed by atoms with Gasteiger partial charge in [0, 0.05) is 4.47 Å². The van der Waals surface area contributed by atoms with Crippen molar-refractivity contribution in [1.29, 1.82) is 0 Å². The molecular weight excluding hydrogens is 228 g/mol. The van der Waals surface area contributed by atoms with Crippen LogP contribution in [0.5, 0.6) is 0 Å². The van der Waals surface area contributed by atoms with Gasteiger partial charge in [0.2, 0.25) is 0 Å². The van der Waals surface area contributed by atoms with Crippen molar-refractivity contribution in [1.82, 2.24) is 0 Å². The van der Waals surface area contributed by atoms with Gasteiger partial charge in [-0.3, -0.25) is 4.79 Å². The van der Waals surface area contributed by atoms with E-state index in [2.05, 4.69) is 15.9 Å². The van der Waals surface area contributed by atoms with Gasteiger partial charge in [-0.15, -0.1) is 0 Å². The molecule has 0 unspecified atom stereocenters. The van der Waals surface area contributed by atoms with Crippen LogP contribution >= 0.6 is 15.9 Å². The number of ketones is 1. The van der Waals surface area contributed by atoms with Crippen LogP contribution in [0, 0.1) is 6.92 Å². The molecule has 13 heavy (non-hydrogen) atoms. The van der Waals surface area contributed by atoms with E-state index in [1.54, 1.807) is 13.0 Å². The Morgan fingerprint density at radius 3 is 2.69 bits per heavy atom. The summed E-state index contributed by atoms with van der Waals surface area (Å²) in [5, 5.41) is 0. The first-order valence-corrected chi connectivity index (χ1v) is 4.83. The van der Waals surface area contributed by atoms with Gasteiger partial charge in [0.25, 0.3) is 0 Å². The summed E-state index contributed by atoms with van der Waals surface area (Å²) in [6.07, 6.45) is 3.39. The van der Waals surface area contributed by atoms with Crippen molar-refractivity contribution in [2.24, 2.45) is 0 Å². The lowest BCUT2D eigenvalue weighted by atomic mass is 10.1. The summed E-state index contributed by atoms with van der Waals surface area (Å²) < 4.78 is 1.09. The van der Waals surface area contributed by atoms with Crippen LogP contribution in [0.15, 0.2) is 28.7 Å². The monoisotopic (exact) mass is 238 g/mol. The maximum absolute atomic E-state index is 10.7. The van der Waals surface area contributed by atoms with Crippen LogP contribution in [0.2, 0.25) is 0 Å². The van der Waals surface area contributed by atoms with E-state index in [-0.39, 0.29) is 5.78 Å². The maximum atomic E-state index is 10.7. The van der Waals surface area contributed by atoms with Crippen LogP contribution in [0.4, 0.5) is 0 Å². The number of rotatable bonds is 2. The zero-order chi connectivity index (χ0) is 9.84. The molecule has 1 aromatic carbocycles. The van der Waals surface area contributed by atoms with Gasteiger partial charge in [0.15, 0.2) is 5.78 Å². The van der Waals surface area contributed by atoms with Crippen molar-refractivity contribution in [3.8, 4) is 0 Å². The summed E-state index contributed by atoms with van der Waals surface area (Å²) in [5.74, 6) is 0.0700. The Hall–Kier alpha value is -0.890. The van der Waals surface area contributed by atoms with Crippen LogP contribution in [0.1, 0.15) is 18.1 Å². The fraction of sp³-hybridized carbons (Fsp3) is 0.182. The predicted molar refractivity (Wildman–Crippen MR) is 58.6 cm³/mol. The lowest BCUT2D eigenvalue weighted by Gasteiger charge is -1.98. The van der Waals surface area contributed by atoms with Gasteiger partial charge in [-0.1, -0.05) is 34.1 Å². The van der Waals surface area contributed by atoms with E-state index in [0.717, 1.165) is 10.0 Å². The Morgan fingerprint density at radius 1 is 1.46 bits per heavy atom. The molecule has 1 nitrogen and oxygen atoms in total. The van der Waals surface area contributed by atoms with Crippen LogP contribution in [0.3, 0.4) is 0 Å². The van der Waals surface area contributed by atoms with E-state index >= 15 is 0 Å². The first-order valence-electron chi connectivity index (χ1n) is 4.04. The largest absolute Gasteiger partial charge is 0.295 e. The van der Waals surface area contributed by atoms with Crippen molar-refractivity contribution in [2.75, 3.05) is 0 Å². The molecule has 0 saturated heterocycles. The van der Waals surface area contributed by atoms with E-state index in [9.17, 15) is 4.79 Å².